The number of nitrogens with one attached hydrogen (secondary N) is 1. The van der Waals surface area contributed by atoms with Gasteiger partial charge in [0.25, 0.3) is 0 Å². The summed E-state index contributed by atoms with van der Waals surface area (Å²) >= 11 is 1.94. The molecule has 0 spiro atoms. The average molecular weight is 281 g/mol. The van der Waals surface area contributed by atoms with Crippen LogP contribution in [-0.4, -0.2) is 60.2 Å². The van der Waals surface area contributed by atoms with Gasteiger partial charge in [-0.3, -0.25) is 4.79 Å². The molecule has 4 nitrogen and oxygen atoms in total. The highest BCUT2D eigenvalue weighted by molar-refractivity contribution is 8.00. The van der Waals surface area contributed by atoms with E-state index in [1.807, 2.05) is 16.7 Å². The Labute approximate surface area is 113 Å². The smallest absolute Gasteiger partial charge is 0.242 e. The number of ether oxygens (including phenoxy) is 1. The fourth-order valence-corrected chi connectivity index (χ4v) is 3.26. The van der Waals surface area contributed by atoms with Crippen LogP contribution in [0.3, 0.4) is 0 Å². The lowest BCUT2D eigenvalue weighted by molar-refractivity contribution is -0.136. The van der Waals surface area contributed by atoms with Gasteiger partial charge < -0.3 is 15.0 Å². The number of carbonyl (C=O) groups is 1. The van der Waals surface area contributed by atoms with Crippen LogP contribution in [0.2, 0.25) is 0 Å². The minimum atomic E-state index is -0.132. The molecular weight excluding hydrogens is 260 g/mol. The van der Waals surface area contributed by atoms with Crippen LogP contribution in [0, 0.1) is 0 Å². The van der Waals surface area contributed by atoms with Crippen molar-refractivity contribution in [2.24, 2.45) is 0 Å². The second-order valence-electron chi connectivity index (χ2n) is 4.95. The van der Waals surface area contributed by atoms with Crippen molar-refractivity contribution >= 4 is 30.1 Å². The van der Waals surface area contributed by atoms with Gasteiger partial charge in [-0.15, -0.1) is 12.4 Å². The van der Waals surface area contributed by atoms with Crippen molar-refractivity contribution in [1.29, 1.82) is 0 Å². The highest BCUT2D eigenvalue weighted by Crippen LogP contribution is 2.29. The predicted octanol–water partition coefficient (Wildman–Crippen LogP) is 0.751. The van der Waals surface area contributed by atoms with E-state index in [4.69, 9.17) is 4.74 Å². The van der Waals surface area contributed by atoms with Crippen molar-refractivity contribution in [3.63, 3.8) is 0 Å². The Morgan fingerprint density at radius 3 is 2.88 bits per heavy atom. The van der Waals surface area contributed by atoms with Gasteiger partial charge in [-0.2, -0.15) is 11.8 Å². The van der Waals surface area contributed by atoms with Crippen molar-refractivity contribution in [2.75, 3.05) is 38.6 Å². The Morgan fingerprint density at radius 2 is 2.29 bits per heavy atom. The summed E-state index contributed by atoms with van der Waals surface area (Å²) in [5, 5.41) is 3.22. The molecule has 2 aliphatic heterocycles. The standard InChI is InChI=1S/C11H20N2O2S.ClH/c1-11(2)8-13(4-6-16-11)10(14)9-7-15-5-3-12-9;/h9,12H,3-8H2,1-2H3;1H. The fraction of sp³-hybridized carbons (Fsp3) is 0.909. The van der Waals surface area contributed by atoms with Gasteiger partial charge in [-0.1, -0.05) is 0 Å². The molecule has 2 aliphatic rings. The average Bonchev–Trinajstić information content (AvgIpc) is 2.28. The third-order valence-electron chi connectivity index (χ3n) is 2.96. The summed E-state index contributed by atoms with van der Waals surface area (Å²) in [5.41, 5.74) is 0. The summed E-state index contributed by atoms with van der Waals surface area (Å²) < 4.78 is 5.51. The molecule has 2 saturated heterocycles. The van der Waals surface area contributed by atoms with Gasteiger partial charge in [0, 0.05) is 30.1 Å². The van der Waals surface area contributed by atoms with Gasteiger partial charge in [-0.25, -0.2) is 0 Å². The van der Waals surface area contributed by atoms with Crippen LogP contribution in [-0.2, 0) is 9.53 Å². The highest BCUT2D eigenvalue weighted by Gasteiger charge is 2.33. The van der Waals surface area contributed by atoms with E-state index in [2.05, 4.69) is 19.2 Å². The summed E-state index contributed by atoms with van der Waals surface area (Å²) in [7, 11) is 0. The van der Waals surface area contributed by atoms with Crippen LogP contribution in [0.4, 0.5) is 0 Å². The number of hydrogen-bond acceptors (Lipinski definition) is 4. The van der Waals surface area contributed by atoms with Gasteiger partial charge in [-0.05, 0) is 13.8 Å². The summed E-state index contributed by atoms with van der Waals surface area (Å²) in [4.78, 5) is 14.2. The molecule has 100 valence electrons. The molecule has 1 unspecified atom stereocenters. The number of nitrogens with zero attached hydrogens (tertiary/aromatic N) is 1. The lowest BCUT2D eigenvalue weighted by Gasteiger charge is -2.39. The van der Waals surface area contributed by atoms with Crippen molar-refractivity contribution < 1.29 is 9.53 Å². The Hall–Kier alpha value is 0.0300. The molecule has 0 bridgehead atoms. The molecule has 0 aromatic heterocycles. The zero-order valence-corrected chi connectivity index (χ0v) is 12.0. The van der Waals surface area contributed by atoms with Crippen molar-refractivity contribution in [3.8, 4) is 0 Å². The minimum absolute atomic E-state index is 0. The summed E-state index contributed by atoms with van der Waals surface area (Å²) in [6.45, 7) is 8.11. The number of carbonyl (C=O) groups excluding carboxylic acids is 1. The number of rotatable bonds is 1. The van der Waals surface area contributed by atoms with Crippen molar-refractivity contribution in [1.82, 2.24) is 10.2 Å². The Balaban J connectivity index is 0.00000144. The van der Waals surface area contributed by atoms with Crippen LogP contribution in [0.25, 0.3) is 0 Å². The van der Waals surface area contributed by atoms with Gasteiger partial charge in [0.15, 0.2) is 0 Å². The zero-order valence-electron chi connectivity index (χ0n) is 10.4. The summed E-state index contributed by atoms with van der Waals surface area (Å²) in [6, 6.07) is -0.132. The van der Waals surface area contributed by atoms with E-state index in [1.165, 1.54) is 0 Å². The summed E-state index contributed by atoms with van der Waals surface area (Å²) in [5.74, 6) is 1.24. The largest absolute Gasteiger partial charge is 0.378 e. The molecule has 6 heteroatoms. The zero-order chi connectivity index (χ0) is 11.6. The highest BCUT2D eigenvalue weighted by atomic mass is 35.5. The van der Waals surface area contributed by atoms with Crippen LogP contribution in [0.1, 0.15) is 13.8 Å². The maximum Gasteiger partial charge on any atom is 0.242 e. The minimum Gasteiger partial charge on any atom is -0.378 e. The van der Waals surface area contributed by atoms with E-state index in [1.54, 1.807) is 0 Å². The number of thioether (sulfide) groups is 1. The molecule has 2 heterocycles. The predicted molar refractivity (Wildman–Crippen MR) is 73.0 cm³/mol. The first kappa shape index (κ1) is 15.1. The van der Waals surface area contributed by atoms with Gasteiger partial charge in [0.2, 0.25) is 5.91 Å². The molecular formula is C11H21ClN2O2S. The Kier molecular flexibility index (Phi) is 5.57. The van der Waals surface area contributed by atoms with Gasteiger partial charge >= 0.3 is 0 Å². The number of halogens is 1. The maximum atomic E-state index is 12.2. The monoisotopic (exact) mass is 280 g/mol. The molecule has 2 fully saturated rings. The second kappa shape index (κ2) is 6.27. The molecule has 0 aromatic rings. The van der Waals surface area contributed by atoms with E-state index >= 15 is 0 Å². The molecule has 0 aliphatic carbocycles. The van der Waals surface area contributed by atoms with E-state index in [-0.39, 0.29) is 29.1 Å². The molecule has 1 atom stereocenters. The molecule has 1 N–H and O–H groups in total. The van der Waals surface area contributed by atoms with Gasteiger partial charge in [0.05, 0.1) is 13.2 Å². The Morgan fingerprint density at radius 1 is 1.53 bits per heavy atom. The molecule has 17 heavy (non-hydrogen) atoms. The van der Waals surface area contributed by atoms with Crippen molar-refractivity contribution in [2.45, 2.75) is 24.6 Å². The number of amides is 1. The fourth-order valence-electron chi connectivity index (χ4n) is 2.15. The number of morpholine rings is 1. The normalized spacial score (nSPS) is 28.4. The first-order valence-electron chi connectivity index (χ1n) is 5.82. The van der Waals surface area contributed by atoms with E-state index in [0.717, 1.165) is 25.4 Å². The van der Waals surface area contributed by atoms with Crippen LogP contribution in [0.15, 0.2) is 0 Å². The number of hydrogen-bond donors (Lipinski definition) is 1. The van der Waals surface area contributed by atoms with E-state index < -0.39 is 0 Å². The molecule has 0 saturated carbocycles. The second-order valence-corrected chi connectivity index (χ2v) is 6.75. The first-order valence-corrected chi connectivity index (χ1v) is 6.81. The van der Waals surface area contributed by atoms with Crippen molar-refractivity contribution in [3.05, 3.63) is 0 Å². The topological polar surface area (TPSA) is 41.6 Å². The van der Waals surface area contributed by atoms with Crippen LogP contribution in [0.5, 0.6) is 0 Å². The quantitative estimate of drug-likeness (QED) is 0.770. The van der Waals surface area contributed by atoms with Crippen LogP contribution >= 0.6 is 24.2 Å². The molecule has 2 rings (SSSR count). The lowest BCUT2D eigenvalue weighted by Crippen LogP contribution is -2.56. The molecule has 0 aromatic carbocycles. The third-order valence-corrected chi connectivity index (χ3v) is 4.25. The summed E-state index contributed by atoms with van der Waals surface area (Å²) in [6.07, 6.45) is 0. The van der Waals surface area contributed by atoms with Crippen LogP contribution < -0.4 is 5.32 Å². The lowest BCUT2D eigenvalue weighted by atomic mass is 10.1. The SMILES string of the molecule is CC1(C)CN(C(=O)C2COCCN2)CCS1.Cl. The Bertz CT molecular complexity index is 270. The maximum absolute atomic E-state index is 12.2. The third kappa shape index (κ3) is 4.02. The molecule has 0 radical (unpaired) electrons. The van der Waals surface area contributed by atoms with E-state index in [9.17, 15) is 4.79 Å². The van der Waals surface area contributed by atoms with E-state index in [0.29, 0.717) is 13.2 Å². The first-order chi connectivity index (χ1) is 7.58. The molecule has 1 amide bonds. The van der Waals surface area contributed by atoms with Gasteiger partial charge in [0.1, 0.15) is 6.04 Å².